The van der Waals surface area contributed by atoms with Crippen LogP contribution in [0.25, 0.3) is 5.65 Å². The van der Waals surface area contributed by atoms with Crippen molar-refractivity contribution < 1.29 is 9.90 Å². The maximum Gasteiger partial charge on any atom is 0.311 e. The van der Waals surface area contributed by atoms with Crippen LogP contribution < -0.4 is 0 Å². The molecule has 72 valence electrons. The largest absolute Gasteiger partial charge is 0.481 e. The molecule has 0 bridgehead atoms. The maximum absolute atomic E-state index is 10.5. The van der Waals surface area contributed by atoms with Crippen LogP contribution in [0.15, 0.2) is 22.8 Å². The number of carboxylic acids is 1. The molecular formula is C8H6BrN3O2. The summed E-state index contributed by atoms with van der Waals surface area (Å²) in [5.74, 6) is -0.493. The third-order valence-corrected chi connectivity index (χ3v) is 2.39. The number of hydrogen-bond donors (Lipinski definition) is 1. The van der Waals surface area contributed by atoms with E-state index in [1.54, 1.807) is 16.7 Å². The van der Waals surface area contributed by atoms with Gasteiger partial charge >= 0.3 is 5.97 Å². The number of halogens is 1. The second-order valence-electron chi connectivity index (χ2n) is 2.74. The molecule has 1 N–H and O–H groups in total. The van der Waals surface area contributed by atoms with Crippen molar-refractivity contribution in [3.05, 3.63) is 28.6 Å². The molecule has 5 nitrogen and oxygen atoms in total. The first kappa shape index (κ1) is 9.14. The Hall–Kier alpha value is -1.43. The molecule has 0 spiro atoms. The first-order chi connectivity index (χ1) is 6.68. The minimum Gasteiger partial charge on any atom is -0.481 e. The number of fused-ring (bicyclic) bond motifs is 1. The fourth-order valence-corrected chi connectivity index (χ4v) is 1.61. The number of nitrogens with zero attached hydrogens (tertiary/aromatic N) is 3. The van der Waals surface area contributed by atoms with Crippen molar-refractivity contribution in [3.8, 4) is 0 Å². The van der Waals surface area contributed by atoms with Crippen LogP contribution in [0.5, 0.6) is 0 Å². The Bertz CT molecular complexity index is 494. The molecule has 6 heteroatoms. The van der Waals surface area contributed by atoms with Gasteiger partial charge in [0.25, 0.3) is 0 Å². The van der Waals surface area contributed by atoms with Crippen molar-refractivity contribution in [2.75, 3.05) is 0 Å². The Balaban J connectivity index is 2.58. The molecule has 0 unspecified atom stereocenters. The second kappa shape index (κ2) is 3.38. The Morgan fingerprint density at radius 3 is 3.07 bits per heavy atom. The van der Waals surface area contributed by atoms with E-state index in [1.165, 1.54) is 0 Å². The molecular weight excluding hydrogens is 250 g/mol. The highest BCUT2D eigenvalue weighted by atomic mass is 79.9. The van der Waals surface area contributed by atoms with Crippen molar-refractivity contribution in [1.82, 2.24) is 14.6 Å². The zero-order valence-corrected chi connectivity index (χ0v) is 8.60. The molecule has 0 saturated heterocycles. The quantitative estimate of drug-likeness (QED) is 0.874. The van der Waals surface area contributed by atoms with Gasteiger partial charge in [0.05, 0.1) is 4.47 Å². The lowest BCUT2D eigenvalue weighted by Gasteiger charge is -1.96. The van der Waals surface area contributed by atoms with E-state index in [4.69, 9.17) is 5.11 Å². The van der Waals surface area contributed by atoms with E-state index < -0.39 is 5.97 Å². The van der Waals surface area contributed by atoms with E-state index in [-0.39, 0.29) is 6.42 Å². The predicted octanol–water partition coefficient (Wildman–Crippen LogP) is 1.12. The van der Waals surface area contributed by atoms with Gasteiger partial charge in [0.2, 0.25) is 0 Å². The Morgan fingerprint density at radius 2 is 2.36 bits per heavy atom. The first-order valence-corrected chi connectivity index (χ1v) is 4.67. The summed E-state index contributed by atoms with van der Waals surface area (Å²) < 4.78 is 2.45. The fourth-order valence-electron chi connectivity index (χ4n) is 1.19. The molecule has 0 aliphatic rings. The highest BCUT2D eigenvalue weighted by Crippen LogP contribution is 2.16. The number of hydrogen-bond acceptors (Lipinski definition) is 3. The number of aliphatic carboxylic acids is 1. The zero-order valence-electron chi connectivity index (χ0n) is 7.01. The molecule has 14 heavy (non-hydrogen) atoms. The molecule has 0 radical (unpaired) electrons. The summed E-state index contributed by atoms with van der Waals surface area (Å²) in [6.45, 7) is 0. The van der Waals surface area contributed by atoms with Gasteiger partial charge in [0.1, 0.15) is 12.2 Å². The summed E-state index contributed by atoms with van der Waals surface area (Å²) >= 11 is 3.31. The Labute approximate surface area is 87.5 Å². The second-order valence-corrected chi connectivity index (χ2v) is 3.59. The van der Waals surface area contributed by atoms with Crippen LogP contribution in [0.4, 0.5) is 0 Å². The van der Waals surface area contributed by atoms with Gasteiger partial charge < -0.3 is 5.11 Å². The number of carboxylic acid groups (broad SMARTS) is 1. The zero-order chi connectivity index (χ0) is 10.1. The third kappa shape index (κ3) is 1.48. The summed E-state index contributed by atoms with van der Waals surface area (Å²) in [7, 11) is 0. The predicted molar refractivity (Wildman–Crippen MR) is 52.0 cm³/mol. The average molecular weight is 256 g/mol. The molecule has 2 aromatic heterocycles. The monoisotopic (exact) mass is 255 g/mol. The smallest absolute Gasteiger partial charge is 0.311 e. The fraction of sp³-hybridized carbons (Fsp3) is 0.125. The minimum absolute atomic E-state index is 0.127. The van der Waals surface area contributed by atoms with Crippen LogP contribution in [-0.4, -0.2) is 25.7 Å². The van der Waals surface area contributed by atoms with Crippen LogP contribution in [0.2, 0.25) is 0 Å². The van der Waals surface area contributed by atoms with Gasteiger partial charge in [-0.1, -0.05) is 0 Å². The molecule has 0 saturated carbocycles. The highest BCUT2D eigenvalue weighted by Gasteiger charge is 2.10. The minimum atomic E-state index is -0.917. The van der Waals surface area contributed by atoms with E-state index in [9.17, 15) is 4.79 Å². The van der Waals surface area contributed by atoms with Gasteiger partial charge in [0.15, 0.2) is 5.65 Å². The summed E-state index contributed by atoms with van der Waals surface area (Å²) in [4.78, 5) is 10.5. The molecule has 2 heterocycles. The molecule has 0 amide bonds. The summed E-state index contributed by atoms with van der Waals surface area (Å²) in [6.07, 6.45) is 1.61. The summed E-state index contributed by atoms with van der Waals surface area (Å²) in [5.41, 5.74) is 0.628. The van der Waals surface area contributed by atoms with Crippen molar-refractivity contribution >= 4 is 27.5 Å². The normalized spacial score (nSPS) is 10.6. The lowest BCUT2D eigenvalue weighted by atomic mass is 10.4. The Kier molecular flexibility index (Phi) is 2.20. The number of rotatable bonds is 2. The van der Waals surface area contributed by atoms with E-state index >= 15 is 0 Å². The third-order valence-electron chi connectivity index (χ3n) is 1.77. The van der Waals surface area contributed by atoms with Gasteiger partial charge in [-0.25, -0.2) is 0 Å². The van der Waals surface area contributed by atoms with E-state index in [1.807, 2.05) is 6.07 Å². The molecule has 0 atom stereocenters. The van der Waals surface area contributed by atoms with Gasteiger partial charge in [-0.2, -0.15) is 0 Å². The molecule has 0 aromatic carbocycles. The van der Waals surface area contributed by atoms with Crippen LogP contribution >= 0.6 is 15.9 Å². The van der Waals surface area contributed by atoms with E-state index in [0.29, 0.717) is 11.5 Å². The highest BCUT2D eigenvalue weighted by molar-refractivity contribution is 9.10. The number of carbonyl (C=O) groups is 1. The summed E-state index contributed by atoms with van der Waals surface area (Å²) in [6, 6.07) is 3.63. The van der Waals surface area contributed by atoms with Crippen molar-refractivity contribution in [2.45, 2.75) is 6.42 Å². The van der Waals surface area contributed by atoms with Crippen molar-refractivity contribution in [2.24, 2.45) is 0 Å². The van der Waals surface area contributed by atoms with Gasteiger partial charge in [0, 0.05) is 6.20 Å². The van der Waals surface area contributed by atoms with Crippen molar-refractivity contribution in [3.63, 3.8) is 0 Å². The van der Waals surface area contributed by atoms with Crippen molar-refractivity contribution in [1.29, 1.82) is 0 Å². The van der Waals surface area contributed by atoms with Crippen LogP contribution in [0.3, 0.4) is 0 Å². The van der Waals surface area contributed by atoms with Crippen LogP contribution in [-0.2, 0) is 11.2 Å². The van der Waals surface area contributed by atoms with Gasteiger partial charge in [-0.15, -0.1) is 10.2 Å². The van der Waals surface area contributed by atoms with Crippen LogP contribution in [0.1, 0.15) is 5.82 Å². The number of aromatic nitrogens is 3. The van der Waals surface area contributed by atoms with E-state index in [2.05, 4.69) is 26.1 Å². The lowest BCUT2D eigenvalue weighted by molar-refractivity contribution is -0.136. The molecule has 0 aliphatic heterocycles. The SMILES string of the molecule is O=C(O)Cc1nnc2c(Br)cccn12. The Morgan fingerprint density at radius 1 is 1.57 bits per heavy atom. The number of pyridine rings is 1. The molecule has 2 aromatic rings. The molecule has 0 aliphatic carbocycles. The molecule has 0 fully saturated rings. The average Bonchev–Trinajstić information content (AvgIpc) is 2.49. The van der Waals surface area contributed by atoms with Crippen LogP contribution in [0, 0.1) is 0 Å². The molecule has 2 rings (SSSR count). The lowest BCUT2D eigenvalue weighted by Crippen LogP contribution is -2.04. The summed E-state index contributed by atoms with van der Waals surface area (Å²) in [5, 5.41) is 16.3. The maximum atomic E-state index is 10.5. The topological polar surface area (TPSA) is 67.5 Å². The standard InChI is InChI=1S/C8H6BrN3O2/c9-5-2-1-3-12-6(4-7(13)14)10-11-8(5)12/h1-3H,4H2,(H,13,14). The van der Waals surface area contributed by atoms with Gasteiger partial charge in [-0.3, -0.25) is 9.20 Å². The first-order valence-electron chi connectivity index (χ1n) is 3.88. The van der Waals surface area contributed by atoms with E-state index in [0.717, 1.165) is 4.47 Å². The van der Waals surface area contributed by atoms with Gasteiger partial charge in [-0.05, 0) is 28.1 Å².